The number of nitrogens with zero attached hydrogens (tertiary/aromatic N) is 4. The molecule has 2 rings (SSSR count). The van der Waals surface area contributed by atoms with Crippen LogP contribution >= 0.6 is 12.4 Å². The van der Waals surface area contributed by atoms with Crippen LogP contribution < -0.4 is 5.32 Å². The van der Waals surface area contributed by atoms with Crippen LogP contribution in [0.3, 0.4) is 0 Å². The molecule has 18 heavy (non-hydrogen) atoms. The molecule has 0 unspecified atom stereocenters. The van der Waals surface area contributed by atoms with E-state index in [1.165, 1.54) is 0 Å². The zero-order chi connectivity index (χ0) is 12.1. The number of nitrogens with one attached hydrogen (secondary N) is 1. The van der Waals surface area contributed by atoms with E-state index in [0.717, 1.165) is 17.9 Å². The molecule has 0 aliphatic heterocycles. The Hall–Kier alpha value is -1.56. The monoisotopic (exact) mass is 273 g/mol. The number of anilines is 1. The van der Waals surface area contributed by atoms with Crippen molar-refractivity contribution in [3.63, 3.8) is 0 Å². The lowest BCUT2D eigenvalue weighted by atomic mass is 10.4. The lowest BCUT2D eigenvalue weighted by molar-refractivity contribution is 0.427. The Morgan fingerprint density at radius 2 is 2.22 bits per heavy atom. The molecule has 0 saturated heterocycles. The number of halogens is 2. The lowest BCUT2D eigenvalue weighted by Gasteiger charge is -2.00. The van der Waals surface area contributed by atoms with E-state index >= 15 is 0 Å². The van der Waals surface area contributed by atoms with Crippen molar-refractivity contribution in [1.82, 2.24) is 19.6 Å². The molecular weight excluding hydrogens is 257 g/mol. The fourth-order valence-corrected chi connectivity index (χ4v) is 1.53. The molecule has 0 atom stereocenters. The van der Waals surface area contributed by atoms with Gasteiger partial charge >= 0.3 is 0 Å². The smallest absolute Gasteiger partial charge is 0.109 e. The summed E-state index contributed by atoms with van der Waals surface area (Å²) in [7, 11) is 0. The van der Waals surface area contributed by atoms with E-state index < -0.39 is 6.67 Å². The van der Waals surface area contributed by atoms with Crippen molar-refractivity contribution in [2.45, 2.75) is 26.6 Å². The number of alkyl halides is 1. The minimum atomic E-state index is -0.401. The third-order valence-corrected chi connectivity index (χ3v) is 2.44. The van der Waals surface area contributed by atoms with Gasteiger partial charge in [0.15, 0.2) is 0 Å². The van der Waals surface area contributed by atoms with E-state index in [-0.39, 0.29) is 12.4 Å². The Morgan fingerprint density at radius 3 is 2.89 bits per heavy atom. The molecule has 2 heterocycles. The first kappa shape index (κ1) is 14.5. The predicted molar refractivity (Wildman–Crippen MR) is 70.7 cm³/mol. The second-order valence-electron chi connectivity index (χ2n) is 3.70. The standard InChI is InChI=1S/C11H16FN5.ClH/c1-2-16-5-3-10(15-16)7-13-11-8-14-17(9-11)6-4-12;/h3,5,8-9,13H,2,4,6-7H2,1H3;1H. The van der Waals surface area contributed by atoms with E-state index in [1.807, 2.05) is 23.9 Å². The maximum Gasteiger partial charge on any atom is 0.109 e. The second kappa shape index (κ2) is 7.00. The molecule has 0 fully saturated rings. The lowest BCUT2D eigenvalue weighted by Crippen LogP contribution is -2.02. The van der Waals surface area contributed by atoms with E-state index in [9.17, 15) is 4.39 Å². The van der Waals surface area contributed by atoms with Crippen LogP contribution in [0.15, 0.2) is 24.7 Å². The van der Waals surface area contributed by atoms with Crippen LogP contribution in [0, 0.1) is 0 Å². The van der Waals surface area contributed by atoms with Gasteiger partial charge in [-0.2, -0.15) is 10.2 Å². The van der Waals surface area contributed by atoms with Crippen LogP contribution in [0.2, 0.25) is 0 Å². The summed E-state index contributed by atoms with van der Waals surface area (Å²) >= 11 is 0. The number of hydrogen-bond acceptors (Lipinski definition) is 3. The van der Waals surface area contributed by atoms with E-state index in [1.54, 1.807) is 17.1 Å². The normalized spacial score (nSPS) is 10.1. The van der Waals surface area contributed by atoms with Crippen molar-refractivity contribution >= 4 is 18.1 Å². The van der Waals surface area contributed by atoms with Gasteiger partial charge in [0, 0.05) is 18.9 Å². The summed E-state index contributed by atoms with van der Waals surface area (Å²) < 4.78 is 15.5. The summed E-state index contributed by atoms with van der Waals surface area (Å²) in [6.45, 7) is 3.46. The van der Waals surface area contributed by atoms with Crippen molar-refractivity contribution in [3.05, 3.63) is 30.4 Å². The van der Waals surface area contributed by atoms with Crippen LogP contribution in [0.25, 0.3) is 0 Å². The molecule has 2 aromatic rings. The highest BCUT2D eigenvalue weighted by Crippen LogP contribution is 2.07. The minimum absolute atomic E-state index is 0. The molecule has 100 valence electrons. The molecule has 0 saturated carbocycles. The summed E-state index contributed by atoms with van der Waals surface area (Å²) in [5, 5.41) is 11.6. The van der Waals surface area contributed by atoms with Gasteiger partial charge in [-0.3, -0.25) is 9.36 Å². The fraction of sp³-hybridized carbons (Fsp3) is 0.455. The highest BCUT2D eigenvalue weighted by molar-refractivity contribution is 5.85. The summed E-state index contributed by atoms with van der Waals surface area (Å²) in [5.41, 5.74) is 1.86. The molecule has 0 spiro atoms. The number of aromatic nitrogens is 4. The first-order chi connectivity index (χ1) is 8.31. The summed E-state index contributed by atoms with van der Waals surface area (Å²) in [4.78, 5) is 0. The highest BCUT2D eigenvalue weighted by atomic mass is 35.5. The Morgan fingerprint density at radius 1 is 1.39 bits per heavy atom. The van der Waals surface area contributed by atoms with Gasteiger partial charge in [0.05, 0.1) is 30.7 Å². The van der Waals surface area contributed by atoms with Crippen molar-refractivity contribution < 1.29 is 4.39 Å². The molecule has 0 radical (unpaired) electrons. The SMILES string of the molecule is CCn1ccc(CNc2cnn(CCF)c2)n1.Cl. The fourth-order valence-electron chi connectivity index (χ4n) is 1.53. The highest BCUT2D eigenvalue weighted by Gasteiger charge is 2.00. The van der Waals surface area contributed by atoms with E-state index in [4.69, 9.17) is 0 Å². The van der Waals surface area contributed by atoms with Crippen LogP contribution in [-0.4, -0.2) is 26.2 Å². The molecule has 7 heteroatoms. The van der Waals surface area contributed by atoms with Gasteiger partial charge in [0.2, 0.25) is 0 Å². The van der Waals surface area contributed by atoms with Gasteiger partial charge in [-0.15, -0.1) is 12.4 Å². The van der Waals surface area contributed by atoms with Gasteiger partial charge in [-0.25, -0.2) is 4.39 Å². The largest absolute Gasteiger partial charge is 0.377 e. The van der Waals surface area contributed by atoms with Crippen molar-refractivity contribution in [2.75, 3.05) is 12.0 Å². The molecule has 0 aliphatic rings. The summed E-state index contributed by atoms with van der Waals surface area (Å²) in [5.74, 6) is 0. The Labute approximate surface area is 111 Å². The maximum atomic E-state index is 12.1. The second-order valence-corrected chi connectivity index (χ2v) is 3.70. The molecule has 2 aromatic heterocycles. The molecule has 0 aromatic carbocycles. The van der Waals surface area contributed by atoms with Crippen molar-refractivity contribution in [3.8, 4) is 0 Å². The predicted octanol–water partition coefficient (Wildman–Crippen LogP) is 2.10. The zero-order valence-electron chi connectivity index (χ0n) is 10.2. The third kappa shape index (κ3) is 3.73. The van der Waals surface area contributed by atoms with Crippen molar-refractivity contribution in [2.24, 2.45) is 0 Å². The number of hydrogen-bond donors (Lipinski definition) is 1. The van der Waals surface area contributed by atoms with Gasteiger partial charge in [0.1, 0.15) is 6.67 Å². The van der Waals surface area contributed by atoms with Crippen LogP contribution in [-0.2, 0) is 19.6 Å². The Balaban J connectivity index is 0.00000162. The number of aryl methyl sites for hydroxylation is 2. The topological polar surface area (TPSA) is 47.7 Å². The van der Waals surface area contributed by atoms with Gasteiger partial charge in [-0.1, -0.05) is 0 Å². The van der Waals surface area contributed by atoms with Crippen molar-refractivity contribution in [1.29, 1.82) is 0 Å². The van der Waals surface area contributed by atoms with Crippen LogP contribution in [0.5, 0.6) is 0 Å². The van der Waals surface area contributed by atoms with Gasteiger partial charge in [-0.05, 0) is 13.0 Å². The molecule has 0 aliphatic carbocycles. The first-order valence-corrected chi connectivity index (χ1v) is 5.66. The Kier molecular flexibility index (Phi) is 5.64. The molecule has 0 amide bonds. The van der Waals surface area contributed by atoms with Gasteiger partial charge in [0.25, 0.3) is 0 Å². The van der Waals surface area contributed by atoms with Crippen LogP contribution in [0.1, 0.15) is 12.6 Å². The maximum absolute atomic E-state index is 12.1. The van der Waals surface area contributed by atoms with E-state index in [0.29, 0.717) is 13.1 Å². The minimum Gasteiger partial charge on any atom is -0.377 e. The molecule has 1 N–H and O–H groups in total. The average Bonchev–Trinajstić information content (AvgIpc) is 2.95. The van der Waals surface area contributed by atoms with Gasteiger partial charge < -0.3 is 5.32 Å². The summed E-state index contributed by atoms with van der Waals surface area (Å²) in [6, 6.07) is 1.97. The van der Waals surface area contributed by atoms with Crippen LogP contribution in [0.4, 0.5) is 10.1 Å². The zero-order valence-corrected chi connectivity index (χ0v) is 11.0. The molecule has 0 bridgehead atoms. The third-order valence-electron chi connectivity index (χ3n) is 2.44. The average molecular weight is 274 g/mol. The Bertz CT molecular complexity index is 467. The first-order valence-electron chi connectivity index (χ1n) is 5.66. The molecular formula is C11H17ClFN5. The molecule has 5 nitrogen and oxygen atoms in total. The van der Waals surface area contributed by atoms with E-state index in [2.05, 4.69) is 15.5 Å². The quantitative estimate of drug-likeness (QED) is 0.877. The summed E-state index contributed by atoms with van der Waals surface area (Å²) in [6.07, 6.45) is 5.42. The number of rotatable bonds is 6.